The third-order valence-electron chi connectivity index (χ3n) is 0.329. The van der Waals surface area contributed by atoms with E-state index in [0.29, 0.717) is 0 Å². The van der Waals surface area contributed by atoms with Crippen molar-refractivity contribution in [2.75, 3.05) is 5.90 Å². The lowest BCUT2D eigenvalue weighted by Crippen LogP contribution is -1.67. The van der Waals surface area contributed by atoms with Gasteiger partial charge in [-0.05, 0) is 45.0 Å². The minimum atomic E-state index is -4.64. The molecule has 6 nitrogen and oxygen atoms in total. The molecule has 0 unspecified atom stereocenters. The van der Waals surface area contributed by atoms with Crippen LogP contribution >= 0.6 is 64.5 Å². The van der Waals surface area contributed by atoms with Gasteiger partial charge in [0.1, 0.15) is 5.90 Å². The van der Waals surface area contributed by atoms with Crippen LogP contribution in [0.3, 0.4) is 0 Å². The summed E-state index contributed by atoms with van der Waals surface area (Å²) in [6, 6.07) is 0. The molecule has 0 aromatic rings. The highest BCUT2D eigenvalue weighted by Gasteiger charge is 2.26. The molecule has 0 bridgehead atoms. The lowest BCUT2D eigenvalue weighted by molar-refractivity contribution is 0.275. The van der Waals surface area contributed by atoms with Crippen LogP contribution in [0.1, 0.15) is 0 Å². The van der Waals surface area contributed by atoms with E-state index in [-0.39, 0.29) is 0 Å². The maximum absolute atomic E-state index is 10.4. The van der Waals surface area contributed by atoms with Crippen molar-refractivity contribution in [2.45, 2.75) is 0 Å². The van der Waals surface area contributed by atoms with Crippen molar-refractivity contribution in [1.29, 1.82) is 0 Å². The largest absolute Gasteiger partial charge is 0.466 e. The van der Waals surface area contributed by atoms with E-state index >= 15 is 0 Å². The monoisotopic (exact) mass is 346 g/mol. The number of hydrogen-bond donors (Lipinski definition) is 3. The molecule has 14 heavy (non-hydrogen) atoms. The molecule has 13 heteroatoms. The summed E-state index contributed by atoms with van der Waals surface area (Å²) in [6.07, 6.45) is 0. The van der Waals surface area contributed by atoms with Crippen LogP contribution in [-0.2, 0) is 13.7 Å². The van der Waals surface area contributed by atoms with Crippen LogP contribution in [-0.4, -0.2) is 20.6 Å². The highest BCUT2D eigenvalue weighted by atomic mass is 35.9. The molecule has 0 aromatic carbocycles. The number of halogens is 4. The van der Waals surface area contributed by atoms with E-state index in [0.717, 1.165) is 0 Å². The van der Waals surface area contributed by atoms with Crippen molar-refractivity contribution in [3.8, 4) is 0 Å². The summed E-state index contributed by atoms with van der Waals surface area (Å²) in [5.74, 6) is -7.28. The second-order valence-corrected chi connectivity index (χ2v) is 13.8. The summed E-state index contributed by atoms with van der Waals surface area (Å²) >= 11 is 20.0. The molecule has 0 aliphatic heterocycles. The fourth-order valence-corrected chi connectivity index (χ4v) is 9.11. The zero-order valence-corrected chi connectivity index (χ0v) is 11.8. The van der Waals surface area contributed by atoms with Gasteiger partial charge in [0.2, 0.25) is 0 Å². The molecule has 0 amide bonds. The molecule has 3 N–H and O–H groups in total. The number of rotatable bonds is 2. The van der Waals surface area contributed by atoms with Crippen molar-refractivity contribution in [1.82, 2.24) is 0 Å². The number of phosphoric acid groups is 1. The Bertz CT molecular complexity index is 268. The normalized spacial score (nSPS) is 13.1. The van der Waals surface area contributed by atoms with Crippen molar-refractivity contribution < 1.29 is 28.4 Å². The third-order valence-corrected chi connectivity index (χ3v) is 6.81. The smallest absolute Gasteiger partial charge is 0.303 e. The van der Waals surface area contributed by atoms with Crippen LogP contribution in [0, 0.1) is 0 Å². The average Bonchev–Trinajstić information content (AvgIpc) is 1.42. The Labute approximate surface area is 98.6 Å². The van der Waals surface area contributed by atoms with Crippen molar-refractivity contribution in [3.05, 3.63) is 0 Å². The van der Waals surface area contributed by atoms with Gasteiger partial charge >= 0.3 is 7.82 Å². The lowest BCUT2D eigenvalue weighted by atomic mass is 11.9. The van der Waals surface area contributed by atoms with E-state index in [1.165, 1.54) is 0 Å². The molecule has 0 fully saturated rings. The zero-order valence-electron chi connectivity index (χ0n) is 6.13. The molecule has 0 atom stereocenters. The van der Waals surface area contributed by atoms with Gasteiger partial charge in [-0.15, -0.1) is 0 Å². The summed E-state index contributed by atoms with van der Waals surface area (Å²) in [7, 11) is -4.64. The first-order chi connectivity index (χ1) is 5.71. The van der Waals surface area contributed by atoms with Crippen LogP contribution in [0.5, 0.6) is 0 Å². The molecule has 0 heterocycles. The minimum absolute atomic E-state index is 0.535. The molecule has 0 saturated heterocycles. The predicted molar refractivity (Wildman–Crippen MR) is 57.8 cm³/mol. The van der Waals surface area contributed by atoms with Gasteiger partial charge in [0, 0.05) is 0 Å². The lowest BCUT2D eigenvalue weighted by Gasteiger charge is -2.00. The summed E-state index contributed by atoms with van der Waals surface area (Å²) in [5, 5.41) is 0. The minimum Gasteiger partial charge on any atom is -0.303 e. The standard InChI is InChI=1S/CH2Cl4O2P2.H3O4P/c2-8(3,6)1-9(4,5)7;1-5(2,3)4/h1H2;(H3,1,2,3,4). The fraction of sp³-hybridized carbons (Fsp3) is 1.00. The maximum Gasteiger partial charge on any atom is 0.466 e. The van der Waals surface area contributed by atoms with Gasteiger partial charge in [0.05, 0.1) is 0 Å². The Hall–Kier alpha value is 1.73. The predicted octanol–water partition coefficient (Wildman–Crippen LogP) is 3.36. The van der Waals surface area contributed by atoms with Crippen molar-refractivity contribution >= 4 is 64.5 Å². The molecule has 0 radical (unpaired) electrons. The van der Waals surface area contributed by atoms with Crippen LogP contribution in [0.4, 0.5) is 0 Å². The van der Waals surface area contributed by atoms with E-state index in [1.54, 1.807) is 0 Å². The first kappa shape index (κ1) is 18.1. The summed E-state index contributed by atoms with van der Waals surface area (Å²) in [4.78, 5) is 21.6. The molecule has 0 spiro atoms. The Balaban J connectivity index is 0. The molecular formula is CH5Cl4O6P3. The van der Waals surface area contributed by atoms with E-state index in [4.69, 9.17) is 64.2 Å². The van der Waals surface area contributed by atoms with Gasteiger partial charge in [0.25, 0.3) is 11.7 Å². The first-order valence-corrected chi connectivity index (χ1v) is 11.4. The van der Waals surface area contributed by atoms with E-state index in [9.17, 15) is 9.13 Å². The van der Waals surface area contributed by atoms with Crippen LogP contribution in [0.15, 0.2) is 0 Å². The molecule has 0 aromatic heterocycles. The second kappa shape index (κ2) is 6.46. The third kappa shape index (κ3) is 37.2. The average molecular weight is 348 g/mol. The maximum atomic E-state index is 10.4. The summed E-state index contributed by atoms with van der Waals surface area (Å²) in [5.41, 5.74) is 0. The first-order valence-electron chi connectivity index (χ1n) is 2.46. The number of hydrogen-bond acceptors (Lipinski definition) is 3. The van der Waals surface area contributed by atoms with E-state index in [2.05, 4.69) is 0 Å². The SMILES string of the molecule is O=P(Cl)(Cl)CP(=O)(Cl)Cl.O=P(O)(O)O. The highest BCUT2D eigenvalue weighted by Crippen LogP contribution is 2.72. The molecular weight excluding hydrogens is 343 g/mol. The van der Waals surface area contributed by atoms with Crippen LogP contribution < -0.4 is 0 Å². The second-order valence-electron chi connectivity index (χ2n) is 1.79. The van der Waals surface area contributed by atoms with Gasteiger partial charge in [-0.3, -0.25) is 9.13 Å². The van der Waals surface area contributed by atoms with Gasteiger partial charge in [-0.1, -0.05) is 0 Å². The van der Waals surface area contributed by atoms with Crippen molar-refractivity contribution in [2.24, 2.45) is 0 Å². The van der Waals surface area contributed by atoms with E-state index in [1.807, 2.05) is 0 Å². The van der Waals surface area contributed by atoms with Gasteiger partial charge in [-0.25, -0.2) is 4.57 Å². The topological polar surface area (TPSA) is 112 Å². The Morgan fingerprint density at radius 3 is 0.929 bits per heavy atom. The molecule has 0 aliphatic carbocycles. The van der Waals surface area contributed by atoms with Crippen LogP contribution in [0.2, 0.25) is 0 Å². The van der Waals surface area contributed by atoms with Gasteiger partial charge in [0.15, 0.2) is 0 Å². The van der Waals surface area contributed by atoms with Crippen molar-refractivity contribution in [3.63, 3.8) is 0 Å². The quantitative estimate of drug-likeness (QED) is 0.660. The van der Waals surface area contributed by atoms with Gasteiger partial charge < -0.3 is 14.7 Å². The fourth-order valence-electron chi connectivity index (χ4n) is 0.192. The molecule has 88 valence electrons. The Morgan fingerprint density at radius 1 is 0.786 bits per heavy atom. The van der Waals surface area contributed by atoms with E-state index < -0.39 is 25.4 Å². The zero-order chi connectivity index (χ0) is 12.2. The van der Waals surface area contributed by atoms with Crippen LogP contribution in [0.25, 0.3) is 0 Å². The highest BCUT2D eigenvalue weighted by molar-refractivity contribution is 8.21. The molecule has 0 aliphatic rings. The Morgan fingerprint density at radius 2 is 0.929 bits per heavy atom. The summed E-state index contributed by atoms with van der Waals surface area (Å²) < 4.78 is 29.7. The molecule has 0 saturated carbocycles. The van der Waals surface area contributed by atoms with Gasteiger partial charge in [-0.2, -0.15) is 0 Å². The molecule has 0 rings (SSSR count). The summed E-state index contributed by atoms with van der Waals surface area (Å²) in [6.45, 7) is 0. The Kier molecular flexibility index (Phi) is 8.36.